The molecular weight excluding hydrogens is 1010 g/mol. The molecule has 3 unspecified atom stereocenters. The third kappa shape index (κ3) is 33.4. The Labute approximate surface area is 443 Å². The Morgan fingerprint density at radius 1 is 0.720 bits per heavy atom. The number of carbonyl (C=O) groups is 2. The molecule has 2 heterocycles. The predicted octanol–water partition coefficient (Wildman–Crippen LogP) is 10.2. The van der Waals surface area contributed by atoms with E-state index >= 15 is 0 Å². The molecule has 0 radical (unpaired) electrons. The summed E-state index contributed by atoms with van der Waals surface area (Å²) in [5.41, 5.74) is 4.58. The molecule has 75 heavy (non-hydrogen) atoms. The fourth-order valence-electron chi connectivity index (χ4n) is 7.16. The number of nitrogens with zero attached hydrogens (tertiary/aromatic N) is 2. The van der Waals surface area contributed by atoms with Gasteiger partial charge in [0.15, 0.2) is 12.3 Å². The van der Waals surface area contributed by atoms with Crippen LogP contribution < -0.4 is 11.4 Å². The van der Waals surface area contributed by atoms with E-state index in [9.17, 15) is 48.6 Å². The molecule has 0 spiro atoms. The maximum absolute atomic E-state index is 12.9. The van der Waals surface area contributed by atoms with Crippen LogP contribution in [0.1, 0.15) is 155 Å². The van der Waals surface area contributed by atoms with E-state index in [2.05, 4.69) is 40.5 Å². The molecule has 1 aliphatic heterocycles. The summed E-state index contributed by atoms with van der Waals surface area (Å²) in [4.78, 5) is 62.0. The number of aliphatic hydroxyl groups is 3. The first-order chi connectivity index (χ1) is 36.1. The molecule has 2 rings (SSSR count). The number of phosphoric ester groups is 2. The van der Waals surface area contributed by atoms with E-state index in [1.807, 2.05) is 73.8 Å². The van der Waals surface area contributed by atoms with Crippen molar-refractivity contribution in [1.82, 2.24) is 9.55 Å². The molecule has 19 nitrogen and oxygen atoms in total. The summed E-state index contributed by atoms with van der Waals surface area (Å²) in [7, 11) is -10.9. The maximum atomic E-state index is 12.9. The summed E-state index contributed by atoms with van der Waals surface area (Å²) < 4.78 is 56.7. The van der Waals surface area contributed by atoms with Gasteiger partial charge in [0, 0.05) is 19.0 Å². The average molecular weight is 1090 g/mol. The molecule has 1 aromatic rings. The zero-order chi connectivity index (χ0) is 55.0. The van der Waals surface area contributed by atoms with E-state index < -0.39 is 89.8 Å². The lowest BCUT2D eigenvalue weighted by molar-refractivity contribution is -0.161. The number of anilines is 1. The van der Waals surface area contributed by atoms with Gasteiger partial charge in [0.1, 0.15) is 30.7 Å². The van der Waals surface area contributed by atoms with Crippen molar-refractivity contribution >= 4 is 33.4 Å². The summed E-state index contributed by atoms with van der Waals surface area (Å²) >= 11 is 0. The number of hydrogen-bond donors (Lipinski definition) is 6. The van der Waals surface area contributed by atoms with E-state index in [1.165, 1.54) is 25.3 Å². The second-order valence-electron chi connectivity index (χ2n) is 17.8. The highest BCUT2D eigenvalue weighted by Crippen LogP contribution is 2.60. The lowest BCUT2D eigenvalue weighted by atomic mass is 10.1. The highest BCUT2D eigenvalue weighted by Gasteiger charge is 2.46. The molecule has 0 saturated carbocycles. The predicted molar refractivity (Wildman–Crippen MR) is 290 cm³/mol. The van der Waals surface area contributed by atoms with Crippen molar-refractivity contribution in [3.63, 3.8) is 0 Å². The van der Waals surface area contributed by atoms with Crippen LogP contribution in [0.25, 0.3) is 0 Å². The topological polar surface area (TPSA) is 286 Å². The lowest BCUT2D eigenvalue weighted by Gasteiger charge is -2.21. The van der Waals surface area contributed by atoms with Gasteiger partial charge < -0.3 is 45.1 Å². The number of nitrogens with two attached hydrogens (primary N) is 1. The van der Waals surface area contributed by atoms with Gasteiger partial charge in [-0.1, -0.05) is 156 Å². The Kier molecular flexibility index (Phi) is 36.3. The van der Waals surface area contributed by atoms with Gasteiger partial charge in [-0.2, -0.15) is 9.29 Å². The zero-order valence-electron chi connectivity index (χ0n) is 43.9. The minimum atomic E-state index is -5.45. The van der Waals surface area contributed by atoms with Gasteiger partial charge in [0.05, 0.1) is 19.3 Å². The maximum Gasteiger partial charge on any atom is 0.481 e. The van der Waals surface area contributed by atoms with Gasteiger partial charge in [-0.15, -0.1) is 0 Å². The van der Waals surface area contributed by atoms with Crippen molar-refractivity contribution in [3.8, 4) is 0 Å². The van der Waals surface area contributed by atoms with Crippen LogP contribution in [0.2, 0.25) is 0 Å². The Balaban J connectivity index is 1.83. The van der Waals surface area contributed by atoms with Crippen LogP contribution >= 0.6 is 15.6 Å². The first-order valence-electron chi connectivity index (χ1n) is 26.4. The monoisotopic (exact) mass is 1090 g/mol. The lowest BCUT2D eigenvalue weighted by Crippen LogP contribution is -2.36. The number of esters is 2. The number of aliphatic hydroxyl groups excluding tert-OH is 3. The molecule has 0 amide bonds. The standard InChI is InChI=1S/C54H85N3O16P2/c1-3-5-7-8-9-10-11-12-13-14-15-18-22-25-28-31-35-39-50(60)71-46(42-68-49(59)38-34-30-27-24-21-19-16-17-20-23-26-29-33-37-45(58)36-32-6-4-2)43-69-74(64,65)73-75(66,67)70-44-47-51(61)52(62)53(72-47)57-41-40-48(55)56-54(57)63/h6,9-10,12-13,17,19-21,26-27,29-30,32-33,37,40-41,45-47,51-53,58,61-62H,3-5,7-8,11,14-16,18,22-25,28,31,34-36,38-39,42-44H2,1-2H3,(H,64,65)(H,66,67)(H2,55,56,63)/b10-9-,13-12-,20-17-,21-19-,29-26+,30-27-,32-6-,37-33+/t45?,46-,47-,51-,52-,53-/m1/s1. The number of aromatic nitrogens is 2. The molecule has 0 aliphatic carbocycles. The first kappa shape index (κ1) is 66.8. The van der Waals surface area contributed by atoms with Crippen molar-refractivity contribution < 1.29 is 71.4 Å². The summed E-state index contributed by atoms with van der Waals surface area (Å²) in [6.07, 6.45) is 42.5. The molecule has 1 aromatic heterocycles. The second kappa shape index (κ2) is 40.8. The highest BCUT2D eigenvalue weighted by atomic mass is 31.3. The fourth-order valence-corrected chi connectivity index (χ4v) is 9.27. The van der Waals surface area contributed by atoms with Gasteiger partial charge >= 0.3 is 33.3 Å². The molecule has 0 bridgehead atoms. The minimum absolute atomic E-state index is 0.0122. The van der Waals surface area contributed by atoms with Crippen LogP contribution in [0.4, 0.5) is 5.82 Å². The van der Waals surface area contributed by atoms with Gasteiger partial charge in [-0.25, -0.2) is 13.9 Å². The summed E-state index contributed by atoms with van der Waals surface area (Å²) in [6.45, 7) is 1.83. The van der Waals surface area contributed by atoms with Crippen LogP contribution in [-0.4, -0.2) is 96.9 Å². The van der Waals surface area contributed by atoms with Crippen molar-refractivity contribution in [3.05, 3.63) is 120 Å². The smallest absolute Gasteiger partial charge is 0.462 e. The number of rotatable bonds is 42. The summed E-state index contributed by atoms with van der Waals surface area (Å²) in [6, 6.07) is 1.24. The van der Waals surface area contributed by atoms with E-state index in [4.69, 9.17) is 29.0 Å². The Morgan fingerprint density at radius 2 is 1.31 bits per heavy atom. The van der Waals surface area contributed by atoms with Gasteiger partial charge in [-0.05, 0) is 83.1 Å². The fraction of sp³-hybridized carbons (Fsp3) is 0.593. The Bertz CT molecular complexity index is 2150. The number of hydrogen-bond acceptors (Lipinski definition) is 16. The number of unbranched alkanes of at least 4 members (excludes halogenated alkanes) is 10. The summed E-state index contributed by atoms with van der Waals surface area (Å²) in [5, 5.41) is 30.8. The van der Waals surface area contributed by atoms with E-state index in [-0.39, 0.29) is 18.7 Å². The van der Waals surface area contributed by atoms with E-state index in [0.717, 1.165) is 87.8 Å². The van der Waals surface area contributed by atoms with Crippen molar-refractivity contribution in [1.29, 1.82) is 0 Å². The molecular formula is C54H85N3O16P2. The highest BCUT2D eigenvalue weighted by molar-refractivity contribution is 7.61. The molecule has 7 N–H and O–H groups in total. The third-order valence-corrected chi connectivity index (χ3v) is 13.8. The second-order valence-corrected chi connectivity index (χ2v) is 20.9. The number of carbonyl (C=O) groups excluding carboxylic acids is 2. The number of nitrogen functional groups attached to an aromatic ring is 1. The SMILES string of the molecule is CC/C=C\CC(O)/C=C/C=C/C/C=C\C/C=C\C/C=C\CCC(=O)OC[C@H](COP(=O)(O)OP(=O)(O)OC[C@H]1O[C@@H](n2ccc(N)nc2=O)[C@H](O)[C@@H]1O)OC(=O)CCCCCCCCC/C=C\C/C=C\CCCCC. The van der Waals surface area contributed by atoms with Crippen LogP contribution in [0, 0.1) is 0 Å². The van der Waals surface area contributed by atoms with Crippen LogP contribution in [-0.2, 0) is 46.3 Å². The number of allylic oxidation sites excluding steroid dienone is 14. The van der Waals surface area contributed by atoms with Crippen molar-refractivity contribution in [2.45, 2.75) is 185 Å². The van der Waals surface area contributed by atoms with Crippen LogP contribution in [0.15, 0.2) is 114 Å². The van der Waals surface area contributed by atoms with E-state index in [1.54, 1.807) is 6.08 Å². The molecule has 1 saturated heterocycles. The van der Waals surface area contributed by atoms with Gasteiger partial charge in [0.2, 0.25) is 0 Å². The molecule has 21 heteroatoms. The molecule has 422 valence electrons. The van der Waals surface area contributed by atoms with Crippen molar-refractivity contribution in [2.24, 2.45) is 0 Å². The third-order valence-electron chi connectivity index (χ3n) is 11.2. The number of ether oxygens (including phenoxy) is 3. The quantitative estimate of drug-likeness (QED) is 0.0117. The molecule has 0 aromatic carbocycles. The van der Waals surface area contributed by atoms with Crippen LogP contribution in [0.3, 0.4) is 0 Å². The zero-order valence-corrected chi connectivity index (χ0v) is 45.7. The molecule has 1 fully saturated rings. The average Bonchev–Trinajstić information content (AvgIpc) is 3.64. The van der Waals surface area contributed by atoms with Gasteiger partial charge in [0.25, 0.3) is 0 Å². The number of phosphoric acid groups is 2. The first-order valence-corrected chi connectivity index (χ1v) is 29.3. The van der Waals surface area contributed by atoms with Crippen LogP contribution in [0.5, 0.6) is 0 Å². The molecule has 1 aliphatic rings. The minimum Gasteiger partial charge on any atom is -0.462 e. The Hall–Kier alpha value is -4.36. The normalized spacial score (nSPS) is 20.0. The van der Waals surface area contributed by atoms with Crippen molar-refractivity contribution in [2.75, 3.05) is 25.6 Å². The summed E-state index contributed by atoms with van der Waals surface area (Å²) in [5.74, 6) is -1.44. The molecule has 8 atom stereocenters. The Morgan fingerprint density at radius 3 is 1.95 bits per heavy atom. The van der Waals surface area contributed by atoms with E-state index in [0.29, 0.717) is 25.7 Å². The largest absolute Gasteiger partial charge is 0.481 e. The van der Waals surface area contributed by atoms with Gasteiger partial charge in [-0.3, -0.25) is 23.2 Å².